The highest BCUT2D eigenvalue weighted by Gasteiger charge is 2.22. The van der Waals surface area contributed by atoms with E-state index in [0.717, 1.165) is 17.1 Å². The number of imidazole rings is 1. The van der Waals surface area contributed by atoms with Crippen molar-refractivity contribution in [2.24, 2.45) is 5.73 Å². The number of primary amides is 1. The Hall–Kier alpha value is -3.87. The molecular formula is C24H22Cl2N6O5S. The van der Waals surface area contributed by atoms with Gasteiger partial charge in [0.15, 0.2) is 5.15 Å². The van der Waals surface area contributed by atoms with Gasteiger partial charge in [0.05, 0.1) is 12.6 Å². The van der Waals surface area contributed by atoms with Crippen LogP contribution in [0, 0.1) is 0 Å². The molecule has 0 spiro atoms. The maximum absolute atomic E-state index is 12.9. The minimum atomic E-state index is -0.658. The van der Waals surface area contributed by atoms with Gasteiger partial charge < -0.3 is 25.1 Å². The van der Waals surface area contributed by atoms with E-state index in [1.54, 1.807) is 4.57 Å². The number of rotatable bonds is 10. The summed E-state index contributed by atoms with van der Waals surface area (Å²) in [5.41, 5.74) is 7.41. The highest BCUT2D eigenvalue weighted by molar-refractivity contribution is 7.09. The lowest BCUT2D eigenvalue weighted by Gasteiger charge is -2.13. The molecule has 0 bridgehead atoms. The highest BCUT2D eigenvalue weighted by atomic mass is 35.5. The van der Waals surface area contributed by atoms with Crippen molar-refractivity contribution in [1.29, 1.82) is 0 Å². The first kappa shape index (κ1) is 27.2. The lowest BCUT2D eigenvalue weighted by Crippen LogP contribution is -2.26. The van der Waals surface area contributed by atoms with Gasteiger partial charge in [-0.1, -0.05) is 53.5 Å². The van der Waals surface area contributed by atoms with Gasteiger partial charge in [0.25, 0.3) is 5.91 Å². The minimum absolute atomic E-state index is 0.0216. The molecule has 4 N–H and O–H groups in total. The first-order chi connectivity index (χ1) is 18.3. The fraction of sp³-hybridized carbons (Fsp3) is 0.208. The molecule has 2 heterocycles. The van der Waals surface area contributed by atoms with Crippen LogP contribution in [0.3, 0.4) is 0 Å². The summed E-state index contributed by atoms with van der Waals surface area (Å²) in [7, 11) is 1.44. The van der Waals surface area contributed by atoms with Crippen LogP contribution in [0.2, 0.25) is 10.2 Å². The summed E-state index contributed by atoms with van der Waals surface area (Å²) >= 11 is 12.8. The lowest BCUT2D eigenvalue weighted by molar-refractivity contribution is 0.0997. The number of benzene rings is 2. The number of hydrogen-bond donors (Lipinski definition) is 3. The quantitative estimate of drug-likeness (QED) is 0.235. The number of anilines is 1. The normalized spacial score (nSPS) is 10.8. The summed E-state index contributed by atoms with van der Waals surface area (Å²) in [5.74, 6) is -0.724. The molecule has 3 amide bonds. The summed E-state index contributed by atoms with van der Waals surface area (Å²) in [4.78, 5) is 41.4. The molecule has 0 fully saturated rings. The first-order valence-electron chi connectivity index (χ1n) is 11.2. The van der Waals surface area contributed by atoms with E-state index in [-0.39, 0.29) is 39.7 Å². The summed E-state index contributed by atoms with van der Waals surface area (Å²) < 4.78 is 16.3. The van der Waals surface area contributed by atoms with E-state index < -0.39 is 17.9 Å². The average molecular weight is 577 g/mol. The fourth-order valence-corrected chi connectivity index (χ4v) is 4.71. The Morgan fingerprint density at radius 1 is 1.16 bits per heavy atom. The molecule has 0 unspecified atom stereocenters. The second-order valence-electron chi connectivity index (χ2n) is 7.91. The minimum Gasteiger partial charge on any atom is -0.494 e. The molecule has 0 aliphatic rings. The van der Waals surface area contributed by atoms with E-state index in [2.05, 4.69) is 20.0 Å². The number of methoxy groups -OCH3 is 1. The second kappa shape index (κ2) is 12.1. The number of nitrogens with one attached hydrogen (secondary N) is 2. The van der Waals surface area contributed by atoms with Gasteiger partial charge in [-0.15, -0.1) is 0 Å². The van der Waals surface area contributed by atoms with Crippen LogP contribution in [0.15, 0.2) is 42.5 Å². The number of aromatic nitrogens is 3. The molecule has 0 saturated heterocycles. The van der Waals surface area contributed by atoms with Crippen molar-refractivity contribution in [3.63, 3.8) is 0 Å². The van der Waals surface area contributed by atoms with Crippen molar-refractivity contribution >= 4 is 69.6 Å². The number of amides is 3. The van der Waals surface area contributed by atoms with Crippen LogP contribution in [-0.4, -0.2) is 45.5 Å². The SMILES string of the molecule is COc1cc(C(N)=O)cc2nc(NC(=O)c3snc(Cl)c3Cl)n(CCCNC(=O)OCc3ccccc3)c12. The van der Waals surface area contributed by atoms with E-state index in [0.29, 0.717) is 29.7 Å². The molecule has 0 radical (unpaired) electrons. The predicted octanol–water partition coefficient (Wildman–Crippen LogP) is 4.48. The van der Waals surface area contributed by atoms with E-state index in [1.807, 2.05) is 30.3 Å². The number of fused-ring (bicyclic) bond motifs is 1. The molecule has 4 aromatic rings. The smallest absolute Gasteiger partial charge is 0.407 e. The molecule has 0 aliphatic heterocycles. The molecule has 38 heavy (non-hydrogen) atoms. The van der Waals surface area contributed by atoms with Gasteiger partial charge in [-0.3, -0.25) is 14.9 Å². The zero-order valence-electron chi connectivity index (χ0n) is 20.0. The van der Waals surface area contributed by atoms with Gasteiger partial charge >= 0.3 is 6.09 Å². The fourth-order valence-electron chi connectivity index (χ4n) is 3.60. The monoisotopic (exact) mass is 576 g/mol. The van der Waals surface area contributed by atoms with Crippen molar-refractivity contribution in [3.8, 4) is 5.75 Å². The van der Waals surface area contributed by atoms with Gasteiger partial charge in [0.1, 0.15) is 27.8 Å². The van der Waals surface area contributed by atoms with E-state index >= 15 is 0 Å². The van der Waals surface area contributed by atoms with Crippen LogP contribution in [0.1, 0.15) is 32.0 Å². The van der Waals surface area contributed by atoms with Gasteiger partial charge in [-0.25, -0.2) is 9.78 Å². The second-order valence-corrected chi connectivity index (χ2v) is 9.42. The molecule has 0 saturated carbocycles. The summed E-state index contributed by atoms with van der Waals surface area (Å²) in [6, 6.07) is 12.3. The van der Waals surface area contributed by atoms with E-state index in [1.165, 1.54) is 19.2 Å². The molecule has 2 aromatic heterocycles. The molecular weight excluding hydrogens is 555 g/mol. The predicted molar refractivity (Wildman–Crippen MR) is 144 cm³/mol. The van der Waals surface area contributed by atoms with E-state index in [9.17, 15) is 14.4 Å². The van der Waals surface area contributed by atoms with Crippen molar-refractivity contribution in [2.45, 2.75) is 19.6 Å². The number of halogens is 2. The van der Waals surface area contributed by atoms with Crippen LogP contribution in [-0.2, 0) is 17.9 Å². The number of carbonyl (C=O) groups is 3. The number of carbonyl (C=O) groups excluding carboxylic acids is 3. The van der Waals surface area contributed by atoms with Crippen molar-refractivity contribution in [1.82, 2.24) is 19.2 Å². The Morgan fingerprint density at radius 3 is 2.58 bits per heavy atom. The van der Waals surface area contributed by atoms with Gasteiger partial charge in [-0.05, 0) is 35.6 Å². The summed E-state index contributed by atoms with van der Waals surface area (Å²) in [6.45, 7) is 0.742. The Labute approximate surface area is 231 Å². The molecule has 11 nitrogen and oxygen atoms in total. The highest BCUT2D eigenvalue weighted by Crippen LogP contribution is 2.32. The number of hydrogen-bond acceptors (Lipinski definition) is 8. The topological polar surface area (TPSA) is 150 Å². The largest absolute Gasteiger partial charge is 0.494 e. The maximum Gasteiger partial charge on any atom is 0.407 e. The molecule has 0 aliphatic carbocycles. The Morgan fingerprint density at radius 2 is 1.92 bits per heavy atom. The molecule has 2 aromatic carbocycles. The number of ether oxygens (including phenoxy) is 2. The van der Waals surface area contributed by atoms with Crippen LogP contribution in [0.5, 0.6) is 5.75 Å². The molecule has 4 rings (SSSR count). The van der Waals surface area contributed by atoms with Crippen molar-refractivity contribution < 1.29 is 23.9 Å². The summed E-state index contributed by atoms with van der Waals surface area (Å²) in [6.07, 6.45) is -0.110. The van der Waals surface area contributed by atoms with Gasteiger partial charge in [0.2, 0.25) is 11.9 Å². The third kappa shape index (κ3) is 6.15. The van der Waals surface area contributed by atoms with Crippen molar-refractivity contribution in [3.05, 3.63) is 68.6 Å². The number of nitrogens with zero attached hydrogens (tertiary/aromatic N) is 3. The number of aryl methyl sites for hydroxylation is 1. The Kier molecular flexibility index (Phi) is 8.66. The number of alkyl carbamates (subject to hydrolysis) is 1. The standard InChI is InChI=1S/C24H22Cl2N6O5S/c1-36-16-11-14(21(27)33)10-15-18(16)32(23(29-15)30-22(34)19-17(25)20(26)31-38-19)9-5-8-28-24(35)37-12-13-6-3-2-4-7-13/h2-4,6-7,10-11H,5,8-9,12H2,1H3,(H2,27,33)(H,28,35)(H,29,30,34). The van der Waals surface area contributed by atoms with Crippen LogP contribution in [0.25, 0.3) is 11.0 Å². The van der Waals surface area contributed by atoms with Crippen LogP contribution in [0.4, 0.5) is 10.7 Å². The number of nitrogens with two attached hydrogens (primary N) is 1. The Balaban J connectivity index is 1.52. The molecule has 14 heteroatoms. The Bertz CT molecular complexity index is 1490. The summed E-state index contributed by atoms with van der Waals surface area (Å²) in [5, 5.41) is 5.47. The van der Waals surface area contributed by atoms with E-state index in [4.69, 9.17) is 38.4 Å². The lowest BCUT2D eigenvalue weighted by atomic mass is 10.1. The average Bonchev–Trinajstić information content (AvgIpc) is 3.43. The molecule has 0 atom stereocenters. The first-order valence-corrected chi connectivity index (χ1v) is 12.8. The molecule has 198 valence electrons. The van der Waals surface area contributed by atoms with Crippen LogP contribution >= 0.6 is 34.7 Å². The van der Waals surface area contributed by atoms with Gasteiger partial charge in [0, 0.05) is 18.7 Å². The van der Waals surface area contributed by atoms with Gasteiger partial charge in [-0.2, -0.15) is 4.37 Å². The van der Waals surface area contributed by atoms with Crippen LogP contribution < -0.4 is 21.1 Å². The maximum atomic E-state index is 12.9. The third-order valence-electron chi connectivity index (χ3n) is 5.38. The van der Waals surface area contributed by atoms with Crippen molar-refractivity contribution in [2.75, 3.05) is 19.0 Å². The third-order valence-corrected chi connectivity index (χ3v) is 7.18. The zero-order chi connectivity index (χ0) is 27.2. The zero-order valence-corrected chi connectivity index (χ0v) is 22.3.